The van der Waals surface area contributed by atoms with Crippen molar-refractivity contribution in [2.75, 3.05) is 13.1 Å². The average molecular weight is 240 g/mol. The van der Waals surface area contributed by atoms with E-state index in [-0.39, 0.29) is 5.91 Å². The monoisotopic (exact) mass is 240 g/mol. The number of hydrogen-bond donors (Lipinski definition) is 2. The van der Waals surface area contributed by atoms with Crippen molar-refractivity contribution in [3.05, 3.63) is 12.2 Å². The summed E-state index contributed by atoms with van der Waals surface area (Å²) in [7, 11) is 0. The minimum atomic E-state index is 0.0845. The molecule has 96 valence electrons. The van der Waals surface area contributed by atoms with Crippen LogP contribution in [0.25, 0.3) is 0 Å². The van der Waals surface area contributed by atoms with E-state index < -0.39 is 0 Å². The Kier molecular flexibility index (Phi) is 6.97. The van der Waals surface area contributed by atoms with E-state index in [1.54, 1.807) is 0 Å². The number of aromatic nitrogens is 2. The van der Waals surface area contributed by atoms with Gasteiger partial charge in [0, 0.05) is 19.4 Å². The summed E-state index contributed by atoms with van der Waals surface area (Å²) in [6.45, 7) is 1.29. The molecule has 1 amide bonds. The molecule has 1 aromatic heterocycles. The second-order valence-electron chi connectivity index (χ2n) is 3.90. The van der Waals surface area contributed by atoms with E-state index in [0.29, 0.717) is 25.2 Å². The molecule has 0 fully saturated rings. The average Bonchev–Trinajstić information content (AvgIpc) is 2.82. The van der Waals surface area contributed by atoms with Crippen LogP contribution in [0, 0.1) is 0 Å². The maximum absolute atomic E-state index is 11.4. The molecule has 17 heavy (non-hydrogen) atoms. The van der Waals surface area contributed by atoms with Gasteiger partial charge >= 0.3 is 0 Å². The Morgan fingerprint density at radius 3 is 2.88 bits per heavy atom. The predicted octanol–water partition coefficient (Wildman–Crippen LogP) is 0.637. The summed E-state index contributed by atoms with van der Waals surface area (Å²) in [6.07, 6.45) is 6.61. The fraction of sp³-hybridized carbons (Fsp3) is 0.727. The molecule has 0 aliphatic carbocycles. The Bertz CT molecular complexity index is 300. The zero-order chi connectivity index (χ0) is 12.3. The van der Waals surface area contributed by atoms with Gasteiger partial charge in [0.05, 0.1) is 0 Å². The highest BCUT2D eigenvalue weighted by molar-refractivity contribution is 5.75. The van der Waals surface area contributed by atoms with Crippen molar-refractivity contribution in [1.29, 1.82) is 0 Å². The zero-order valence-corrected chi connectivity index (χ0v) is 10.0. The second-order valence-corrected chi connectivity index (χ2v) is 3.90. The number of hydrogen-bond acceptors (Lipinski definition) is 5. The lowest BCUT2D eigenvalue weighted by molar-refractivity contribution is -0.121. The number of amides is 1. The maximum Gasteiger partial charge on any atom is 0.220 e. The number of unbranched alkanes of at least 4 members (excludes halogenated alkanes) is 3. The van der Waals surface area contributed by atoms with Crippen molar-refractivity contribution in [1.82, 2.24) is 15.5 Å². The maximum atomic E-state index is 11.4. The summed E-state index contributed by atoms with van der Waals surface area (Å²) in [5.41, 5.74) is 5.38. The van der Waals surface area contributed by atoms with Crippen LogP contribution in [0.15, 0.2) is 10.9 Å². The highest BCUT2D eigenvalue weighted by Crippen LogP contribution is 2.01. The molecular weight excluding hydrogens is 220 g/mol. The molecule has 0 aliphatic rings. The SMILES string of the molecule is NCCCCCCC(=O)NCCc1ncon1. The third-order valence-corrected chi connectivity index (χ3v) is 2.44. The topological polar surface area (TPSA) is 94.0 Å². The van der Waals surface area contributed by atoms with E-state index >= 15 is 0 Å². The van der Waals surface area contributed by atoms with E-state index in [1.165, 1.54) is 6.39 Å². The van der Waals surface area contributed by atoms with E-state index in [4.69, 9.17) is 5.73 Å². The van der Waals surface area contributed by atoms with E-state index in [9.17, 15) is 4.79 Å². The molecule has 0 saturated carbocycles. The van der Waals surface area contributed by atoms with Gasteiger partial charge in [-0.15, -0.1) is 0 Å². The third kappa shape index (κ3) is 6.68. The van der Waals surface area contributed by atoms with Crippen LogP contribution in [0.2, 0.25) is 0 Å². The predicted molar refractivity (Wildman–Crippen MR) is 63.2 cm³/mol. The lowest BCUT2D eigenvalue weighted by Crippen LogP contribution is -2.25. The van der Waals surface area contributed by atoms with Gasteiger partial charge in [-0.25, -0.2) is 0 Å². The number of nitrogens with zero attached hydrogens (tertiary/aromatic N) is 2. The van der Waals surface area contributed by atoms with Gasteiger partial charge in [0.1, 0.15) is 0 Å². The molecule has 0 spiro atoms. The summed E-state index contributed by atoms with van der Waals surface area (Å²) in [5, 5.41) is 6.49. The Balaban J connectivity index is 1.94. The normalized spacial score (nSPS) is 10.4. The van der Waals surface area contributed by atoms with E-state index in [2.05, 4.69) is 20.0 Å². The highest BCUT2D eigenvalue weighted by Gasteiger charge is 2.02. The van der Waals surface area contributed by atoms with Crippen LogP contribution in [0.1, 0.15) is 37.9 Å². The standard InChI is InChI=1S/C11H20N4O2/c12-7-4-2-1-3-5-11(16)13-8-6-10-14-9-17-15-10/h9H,1-8,12H2,(H,13,16). The van der Waals surface area contributed by atoms with Crippen LogP contribution < -0.4 is 11.1 Å². The van der Waals surface area contributed by atoms with Gasteiger partial charge in [-0.3, -0.25) is 4.79 Å². The summed E-state index contributed by atoms with van der Waals surface area (Å²) in [5.74, 6) is 0.703. The third-order valence-electron chi connectivity index (χ3n) is 2.44. The first kappa shape index (κ1) is 13.6. The smallest absolute Gasteiger partial charge is 0.220 e. The lowest BCUT2D eigenvalue weighted by Gasteiger charge is -2.03. The molecule has 6 heteroatoms. The molecule has 1 heterocycles. The van der Waals surface area contributed by atoms with Crippen molar-refractivity contribution >= 4 is 5.91 Å². The van der Waals surface area contributed by atoms with Gasteiger partial charge in [-0.2, -0.15) is 4.98 Å². The fourth-order valence-corrected chi connectivity index (χ4v) is 1.49. The van der Waals surface area contributed by atoms with Crippen LogP contribution in [0.3, 0.4) is 0 Å². The molecule has 0 aliphatic heterocycles. The minimum Gasteiger partial charge on any atom is -0.356 e. The molecule has 1 aromatic rings. The Morgan fingerprint density at radius 1 is 1.35 bits per heavy atom. The van der Waals surface area contributed by atoms with Crippen LogP contribution in [-0.4, -0.2) is 29.1 Å². The number of nitrogens with one attached hydrogen (secondary N) is 1. The minimum absolute atomic E-state index is 0.0845. The Hall–Kier alpha value is -1.43. The van der Waals surface area contributed by atoms with E-state index in [1.807, 2.05) is 0 Å². The Morgan fingerprint density at radius 2 is 2.18 bits per heavy atom. The largest absolute Gasteiger partial charge is 0.356 e. The second kappa shape index (κ2) is 8.69. The van der Waals surface area contributed by atoms with Gasteiger partial charge < -0.3 is 15.6 Å². The molecule has 6 nitrogen and oxygen atoms in total. The van der Waals surface area contributed by atoms with Gasteiger partial charge in [-0.1, -0.05) is 18.0 Å². The van der Waals surface area contributed by atoms with Crippen LogP contribution in [0.4, 0.5) is 0 Å². The Labute approximate surface area is 101 Å². The van der Waals surface area contributed by atoms with E-state index in [0.717, 1.165) is 32.2 Å². The van der Waals surface area contributed by atoms with Crippen LogP contribution in [-0.2, 0) is 11.2 Å². The van der Waals surface area contributed by atoms with Crippen molar-refractivity contribution < 1.29 is 9.32 Å². The quantitative estimate of drug-likeness (QED) is 0.618. The molecule has 0 bridgehead atoms. The summed E-state index contributed by atoms with van der Waals surface area (Å²) in [4.78, 5) is 15.3. The molecular formula is C11H20N4O2. The van der Waals surface area contributed by atoms with Crippen molar-refractivity contribution in [3.8, 4) is 0 Å². The molecule has 0 aromatic carbocycles. The molecule has 3 N–H and O–H groups in total. The summed E-state index contributed by atoms with van der Waals surface area (Å²) >= 11 is 0. The highest BCUT2D eigenvalue weighted by atomic mass is 16.5. The number of carbonyl (C=O) groups excluding carboxylic acids is 1. The fourth-order valence-electron chi connectivity index (χ4n) is 1.49. The van der Waals surface area contributed by atoms with Crippen LogP contribution in [0.5, 0.6) is 0 Å². The number of carbonyl (C=O) groups is 1. The zero-order valence-electron chi connectivity index (χ0n) is 10.0. The molecule has 0 unspecified atom stereocenters. The van der Waals surface area contributed by atoms with Gasteiger partial charge in [0.15, 0.2) is 5.82 Å². The summed E-state index contributed by atoms with van der Waals surface area (Å²) < 4.78 is 4.59. The molecule has 0 saturated heterocycles. The van der Waals surface area contributed by atoms with Crippen LogP contribution >= 0.6 is 0 Å². The summed E-state index contributed by atoms with van der Waals surface area (Å²) in [6, 6.07) is 0. The first-order chi connectivity index (χ1) is 8.33. The lowest BCUT2D eigenvalue weighted by atomic mass is 10.1. The first-order valence-electron chi connectivity index (χ1n) is 6.05. The van der Waals surface area contributed by atoms with Gasteiger partial charge in [0.25, 0.3) is 0 Å². The molecule has 0 atom stereocenters. The van der Waals surface area contributed by atoms with Gasteiger partial charge in [-0.05, 0) is 19.4 Å². The molecule has 1 rings (SSSR count). The van der Waals surface area contributed by atoms with Crippen molar-refractivity contribution in [2.45, 2.75) is 38.5 Å². The first-order valence-corrected chi connectivity index (χ1v) is 6.05. The number of rotatable bonds is 9. The van der Waals surface area contributed by atoms with Crippen molar-refractivity contribution in [2.24, 2.45) is 5.73 Å². The molecule has 0 radical (unpaired) electrons. The van der Waals surface area contributed by atoms with Gasteiger partial charge in [0.2, 0.25) is 12.3 Å². The van der Waals surface area contributed by atoms with Crippen molar-refractivity contribution in [3.63, 3.8) is 0 Å². The number of nitrogens with two attached hydrogens (primary N) is 1.